The van der Waals surface area contributed by atoms with Crippen LogP contribution in [-0.2, 0) is 4.74 Å². The third kappa shape index (κ3) is 1.90. The molecule has 2 saturated heterocycles. The van der Waals surface area contributed by atoms with E-state index < -0.39 is 0 Å². The quantitative estimate of drug-likeness (QED) is 0.805. The second-order valence-electron chi connectivity index (χ2n) is 4.89. The molecule has 0 unspecified atom stereocenters. The Hall–Kier alpha value is -1.51. The summed E-state index contributed by atoms with van der Waals surface area (Å²) in [5.41, 5.74) is 1.34. The lowest BCUT2D eigenvalue weighted by atomic mass is 9.85. The number of amidine groups is 1. The van der Waals surface area contributed by atoms with Crippen LogP contribution in [0.1, 0.15) is 30.7 Å². The van der Waals surface area contributed by atoms with Gasteiger partial charge in [0.15, 0.2) is 0 Å². The first kappa shape index (κ1) is 10.6. The number of fused-ring (bicyclic) bond motifs is 1. The normalized spacial score (nSPS) is 28.5. The summed E-state index contributed by atoms with van der Waals surface area (Å²) >= 11 is 0. The third-order valence-electron chi connectivity index (χ3n) is 3.90. The molecule has 1 N–H and O–H groups in total. The van der Waals surface area contributed by atoms with Crippen LogP contribution in [0, 0.1) is 5.41 Å². The van der Waals surface area contributed by atoms with E-state index in [1.165, 1.54) is 24.8 Å². The summed E-state index contributed by atoms with van der Waals surface area (Å²) in [5, 5.41) is 7.87. The highest BCUT2D eigenvalue weighted by Crippen LogP contribution is 2.34. The molecule has 1 aromatic carbocycles. The number of piperidine rings is 1. The van der Waals surface area contributed by atoms with Crippen LogP contribution in [0.2, 0.25) is 0 Å². The van der Waals surface area contributed by atoms with Gasteiger partial charge in [-0.05, 0) is 24.8 Å². The first-order valence-electron chi connectivity index (χ1n) is 6.39. The maximum Gasteiger partial charge on any atom is 0.284 e. The summed E-state index contributed by atoms with van der Waals surface area (Å²) in [6.07, 6.45) is 3.65. The van der Waals surface area contributed by atoms with Crippen LogP contribution in [-0.4, -0.2) is 30.1 Å². The predicted molar refractivity (Wildman–Crippen MR) is 67.2 cm³/mol. The van der Waals surface area contributed by atoms with Gasteiger partial charge in [0.05, 0.1) is 0 Å². The molecule has 0 spiro atoms. The topological polar surface area (TPSA) is 36.3 Å². The Bertz CT molecular complexity index is 404. The molecular weight excluding hydrogens is 212 g/mol. The van der Waals surface area contributed by atoms with Gasteiger partial charge >= 0.3 is 0 Å². The van der Waals surface area contributed by atoms with E-state index in [-0.39, 0.29) is 0 Å². The molecule has 90 valence electrons. The van der Waals surface area contributed by atoms with Crippen molar-refractivity contribution in [2.24, 2.45) is 0 Å². The van der Waals surface area contributed by atoms with Gasteiger partial charge in [0, 0.05) is 18.5 Å². The largest absolute Gasteiger partial charge is 0.465 e. The first-order chi connectivity index (χ1) is 8.36. The van der Waals surface area contributed by atoms with Crippen molar-refractivity contribution >= 4 is 6.02 Å². The fraction of sp³-hybridized carbons (Fsp3) is 0.500. The number of hydrogen-bond acceptors (Lipinski definition) is 2. The zero-order valence-corrected chi connectivity index (χ0v) is 9.93. The molecule has 0 saturated carbocycles. The van der Waals surface area contributed by atoms with Gasteiger partial charge in [0.25, 0.3) is 6.02 Å². The van der Waals surface area contributed by atoms with E-state index in [4.69, 9.17) is 10.1 Å². The van der Waals surface area contributed by atoms with Crippen LogP contribution in [0.3, 0.4) is 0 Å². The summed E-state index contributed by atoms with van der Waals surface area (Å²) in [7, 11) is 0. The maximum atomic E-state index is 7.87. The predicted octanol–water partition coefficient (Wildman–Crippen LogP) is 2.59. The van der Waals surface area contributed by atoms with E-state index in [2.05, 4.69) is 29.2 Å². The molecule has 0 radical (unpaired) electrons. The van der Waals surface area contributed by atoms with Crippen molar-refractivity contribution in [2.45, 2.75) is 31.2 Å². The van der Waals surface area contributed by atoms with Crippen LogP contribution in [0.4, 0.5) is 0 Å². The van der Waals surface area contributed by atoms with E-state index >= 15 is 0 Å². The van der Waals surface area contributed by atoms with Crippen LogP contribution in [0.5, 0.6) is 0 Å². The molecule has 3 heteroatoms. The van der Waals surface area contributed by atoms with E-state index in [9.17, 15) is 0 Å². The summed E-state index contributed by atoms with van der Waals surface area (Å²) in [5.74, 6) is 0.422. The highest BCUT2D eigenvalue weighted by atomic mass is 16.5. The number of nitrogens with one attached hydrogen (secondary N) is 1. The lowest BCUT2D eigenvalue weighted by Crippen LogP contribution is -2.52. The van der Waals surface area contributed by atoms with Crippen molar-refractivity contribution in [3.05, 3.63) is 35.9 Å². The minimum Gasteiger partial charge on any atom is -0.465 e. The average molecular weight is 230 g/mol. The molecule has 0 aliphatic carbocycles. The Morgan fingerprint density at radius 1 is 1.18 bits per heavy atom. The van der Waals surface area contributed by atoms with Crippen LogP contribution < -0.4 is 0 Å². The molecule has 2 aliphatic rings. The number of benzene rings is 1. The molecular formula is C14H18N2O. The van der Waals surface area contributed by atoms with E-state index in [1.807, 2.05) is 6.07 Å². The first-order valence-corrected chi connectivity index (χ1v) is 6.39. The van der Waals surface area contributed by atoms with E-state index in [0.717, 1.165) is 6.54 Å². The summed E-state index contributed by atoms with van der Waals surface area (Å²) in [6.45, 7) is 1.64. The van der Waals surface area contributed by atoms with Crippen LogP contribution in [0.15, 0.2) is 30.3 Å². The second kappa shape index (κ2) is 4.40. The van der Waals surface area contributed by atoms with Gasteiger partial charge in [0.1, 0.15) is 6.61 Å². The highest BCUT2D eigenvalue weighted by Gasteiger charge is 2.37. The van der Waals surface area contributed by atoms with Crippen molar-refractivity contribution in [3.8, 4) is 0 Å². The molecule has 3 nitrogen and oxygen atoms in total. The monoisotopic (exact) mass is 230 g/mol. The van der Waals surface area contributed by atoms with Gasteiger partial charge in [-0.2, -0.15) is 0 Å². The smallest absolute Gasteiger partial charge is 0.284 e. The number of rotatable bonds is 1. The lowest BCUT2D eigenvalue weighted by Gasteiger charge is -2.45. The molecule has 0 aromatic heterocycles. The van der Waals surface area contributed by atoms with E-state index in [1.54, 1.807) is 0 Å². The zero-order valence-electron chi connectivity index (χ0n) is 9.93. The Balaban J connectivity index is 1.87. The minimum absolute atomic E-state index is 0.377. The molecule has 17 heavy (non-hydrogen) atoms. The Labute approximate surface area is 102 Å². The van der Waals surface area contributed by atoms with Gasteiger partial charge in [0.2, 0.25) is 0 Å². The van der Waals surface area contributed by atoms with Crippen molar-refractivity contribution in [3.63, 3.8) is 0 Å². The fourth-order valence-corrected chi connectivity index (χ4v) is 3.01. The highest BCUT2D eigenvalue weighted by molar-refractivity contribution is 5.72. The standard InChI is InChI=1S/C14H18N2O/c15-14-16-9-5-4-8-13(16)12(10-17-14)11-6-2-1-3-7-11/h1-3,6-7,12-13,15H,4-5,8-10H2/t12-,13+/m0/s1. The van der Waals surface area contributed by atoms with Crippen molar-refractivity contribution in [2.75, 3.05) is 13.2 Å². The second-order valence-corrected chi connectivity index (χ2v) is 4.89. The van der Waals surface area contributed by atoms with Gasteiger partial charge < -0.3 is 9.64 Å². The SMILES string of the molecule is N=C1OC[C@@H](c2ccccc2)[C@H]2CCCCN12. The Kier molecular flexibility index (Phi) is 2.75. The third-order valence-corrected chi connectivity index (χ3v) is 3.90. The van der Waals surface area contributed by atoms with Crippen LogP contribution in [0.25, 0.3) is 0 Å². The van der Waals surface area contributed by atoms with Crippen molar-refractivity contribution in [1.82, 2.24) is 4.90 Å². The van der Waals surface area contributed by atoms with Gasteiger partial charge in [-0.3, -0.25) is 5.41 Å². The van der Waals surface area contributed by atoms with Crippen LogP contribution >= 0.6 is 0 Å². The zero-order chi connectivity index (χ0) is 11.7. The molecule has 2 aliphatic heterocycles. The molecule has 2 fully saturated rings. The summed E-state index contributed by atoms with van der Waals surface area (Å²) in [6, 6.07) is 11.4. The number of nitrogens with zero attached hydrogens (tertiary/aromatic N) is 1. The number of ether oxygens (including phenoxy) is 1. The summed E-state index contributed by atoms with van der Waals surface area (Å²) < 4.78 is 5.52. The Morgan fingerprint density at radius 2 is 2.00 bits per heavy atom. The Morgan fingerprint density at radius 3 is 2.82 bits per heavy atom. The van der Waals surface area contributed by atoms with Gasteiger partial charge in [-0.15, -0.1) is 0 Å². The van der Waals surface area contributed by atoms with Crippen molar-refractivity contribution in [1.29, 1.82) is 5.41 Å². The molecule has 0 bridgehead atoms. The van der Waals surface area contributed by atoms with E-state index in [0.29, 0.717) is 24.6 Å². The summed E-state index contributed by atoms with van der Waals surface area (Å²) in [4.78, 5) is 2.14. The fourth-order valence-electron chi connectivity index (χ4n) is 3.01. The maximum absolute atomic E-state index is 7.87. The minimum atomic E-state index is 0.377. The van der Waals surface area contributed by atoms with Gasteiger partial charge in [-0.1, -0.05) is 30.3 Å². The molecule has 2 atom stereocenters. The number of hydrogen-bond donors (Lipinski definition) is 1. The van der Waals surface area contributed by atoms with Gasteiger partial charge in [-0.25, -0.2) is 0 Å². The average Bonchev–Trinajstić information content (AvgIpc) is 2.41. The van der Waals surface area contributed by atoms with Crippen molar-refractivity contribution < 1.29 is 4.74 Å². The lowest BCUT2D eigenvalue weighted by molar-refractivity contribution is 0.0747. The molecule has 1 aromatic rings. The molecule has 2 heterocycles. The molecule has 0 amide bonds. The molecule has 3 rings (SSSR count).